The van der Waals surface area contributed by atoms with Crippen LogP contribution in [0.3, 0.4) is 0 Å². The molecule has 0 nitrogen and oxygen atoms in total. The van der Waals surface area contributed by atoms with Crippen LogP contribution in [0.5, 0.6) is 0 Å². The molecule has 0 bridgehead atoms. The van der Waals surface area contributed by atoms with Crippen LogP contribution in [0.15, 0.2) is 60.6 Å². The van der Waals surface area contributed by atoms with E-state index >= 15 is 0 Å². The molecule has 0 heterocycles. The minimum atomic E-state index is -4.33. The first kappa shape index (κ1) is 13.5. The number of hydrogen-bond donors (Lipinski definition) is 0. The highest BCUT2D eigenvalue weighted by atomic mass is 19.4. The van der Waals surface area contributed by atoms with Crippen LogP contribution >= 0.6 is 0 Å². The Morgan fingerprint density at radius 3 is 2.16 bits per heavy atom. The van der Waals surface area contributed by atoms with Gasteiger partial charge in [-0.3, -0.25) is 0 Å². The predicted octanol–water partition coefficient (Wildman–Crippen LogP) is 3.71. The second-order valence-electron chi connectivity index (χ2n) is 4.02. The Morgan fingerprint density at radius 1 is 0.842 bits per heavy atom. The highest BCUT2D eigenvalue weighted by Crippen LogP contribution is 2.32. The lowest BCUT2D eigenvalue weighted by atomic mass is 9.70. The summed E-state index contributed by atoms with van der Waals surface area (Å²) in [6.45, 7) is 0. The summed E-state index contributed by atoms with van der Waals surface area (Å²) in [6, 6.07) is 14.9. The first-order chi connectivity index (χ1) is 9.07. The van der Waals surface area contributed by atoms with Crippen molar-refractivity contribution in [1.29, 1.82) is 0 Å². The van der Waals surface area contributed by atoms with E-state index in [9.17, 15) is 13.2 Å². The van der Waals surface area contributed by atoms with Gasteiger partial charge in [0, 0.05) is 0 Å². The SMILES string of the molecule is FC(F)(F)c1ccccc1C=C[B]c1ccccc1. The molecule has 95 valence electrons. The largest absolute Gasteiger partial charge is 0.416 e. The monoisotopic (exact) mass is 259 g/mol. The molecule has 19 heavy (non-hydrogen) atoms. The van der Waals surface area contributed by atoms with E-state index in [0.717, 1.165) is 11.5 Å². The van der Waals surface area contributed by atoms with Crippen molar-refractivity contribution in [2.24, 2.45) is 0 Å². The average molecular weight is 259 g/mol. The topological polar surface area (TPSA) is 0 Å². The fourth-order valence-electron chi connectivity index (χ4n) is 1.73. The minimum Gasteiger partial charge on any atom is -0.166 e. The Balaban J connectivity index is 2.16. The summed E-state index contributed by atoms with van der Waals surface area (Å²) in [7, 11) is 1.77. The molecule has 0 aliphatic heterocycles. The van der Waals surface area contributed by atoms with Crippen LogP contribution in [-0.2, 0) is 6.18 Å². The summed E-state index contributed by atoms with van der Waals surface area (Å²) in [6.07, 6.45) is -2.86. The smallest absolute Gasteiger partial charge is 0.166 e. The van der Waals surface area contributed by atoms with Crippen LogP contribution in [0.1, 0.15) is 11.1 Å². The lowest BCUT2D eigenvalue weighted by Crippen LogP contribution is -2.10. The maximum Gasteiger partial charge on any atom is 0.416 e. The van der Waals surface area contributed by atoms with Gasteiger partial charge in [-0.25, -0.2) is 0 Å². The number of alkyl halides is 3. The first-order valence-electron chi connectivity index (χ1n) is 5.80. The number of benzene rings is 2. The molecule has 0 fully saturated rings. The standard InChI is InChI=1S/C15H11BF3/c17-15(18,19)14-9-5-4-6-12(14)10-11-16-13-7-2-1-3-8-13/h1-11H. The third-order valence-electron chi connectivity index (χ3n) is 2.63. The Hall–Kier alpha value is -1.97. The fraction of sp³-hybridized carbons (Fsp3) is 0.0667. The molecule has 2 rings (SSSR count). The van der Waals surface area contributed by atoms with E-state index in [4.69, 9.17) is 0 Å². The molecule has 0 amide bonds. The van der Waals surface area contributed by atoms with Crippen LogP contribution in [0.2, 0.25) is 0 Å². The Kier molecular flexibility index (Phi) is 4.10. The van der Waals surface area contributed by atoms with Gasteiger partial charge in [-0.1, -0.05) is 60.1 Å². The second kappa shape index (κ2) is 5.78. The highest BCUT2D eigenvalue weighted by molar-refractivity contribution is 6.59. The minimum absolute atomic E-state index is 0.169. The summed E-state index contributed by atoms with van der Waals surface area (Å²) >= 11 is 0. The molecular weight excluding hydrogens is 248 g/mol. The Labute approximate surface area is 110 Å². The Morgan fingerprint density at radius 2 is 1.47 bits per heavy atom. The van der Waals surface area contributed by atoms with Crippen molar-refractivity contribution in [3.8, 4) is 0 Å². The summed E-state index contributed by atoms with van der Waals surface area (Å²) in [5.41, 5.74) is 0.498. The van der Waals surface area contributed by atoms with Gasteiger partial charge < -0.3 is 0 Å². The Bertz CT molecular complexity index is 559. The van der Waals surface area contributed by atoms with Crippen LogP contribution < -0.4 is 5.46 Å². The lowest BCUT2D eigenvalue weighted by molar-refractivity contribution is -0.137. The van der Waals surface area contributed by atoms with Gasteiger partial charge in [0.05, 0.1) is 5.56 Å². The molecule has 0 saturated heterocycles. The normalized spacial score (nSPS) is 11.7. The molecule has 2 aromatic carbocycles. The van der Waals surface area contributed by atoms with Crippen molar-refractivity contribution < 1.29 is 13.2 Å². The molecule has 0 N–H and O–H groups in total. The van der Waals surface area contributed by atoms with Crippen LogP contribution in [0, 0.1) is 0 Å². The maximum absolute atomic E-state index is 12.8. The van der Waals surface area contributed by atoms with Crippen molar-refractivity contribution in [2.45, 2.75) is 6.18 Å². The summed E-state index contributed by atoms with van der Waals surface area (Å²) in [4.78, 5) is 0. The molecule has 0 aliphatic rings. The van der Waals surface area contributed by atoms with Gasteiger partial charge in [0.2, 0.25) is 0 Å². The van der Waals surface area contributed by atoms with Gasteiger partial charge in [-0.05, 0) is 11.6 Å². The average Bonchev–Trinajstić information content (AvgIpc) is 2.39. The van der Waals surface area contributed by atoms with Gasteiger partial charge in [-0.2, -0.15) is 13.2 Å². The van der Waals surface area contributed by atoms with Crippen molar-refractivity contribution in [1.82, 2.24) is 0 Å². The molecule has 0 atom stereocenters. The van der Waals surface area contributed by atoms with E-state index in [1.54, 1.807) is 19.3 Å². The highest BCUT2D eigenvalue weighted by Gasteiger charge is 2.32. The van der Waals surface area contributed by atoms with Gasteiger partial charge >= 0.3 is 6.18 Å². The number of halogens is 3. The second-order valence-corrected chi connectivity index (χ2v) is 4.02. The molecule has 0 aromatic heterocycles. The van der Waals surface area contributed by atoms with E-state index in [0.29, 0.717) is 0 Å². The molecule has 4 heteroatoms. The van der Waals surface area contributed by atoms with E-state index in [2.05, 4.69) is 0 Å². The zero-order valence-corrected chi connectivity index (χ0v) is 10.1. The quantitative estimate of drug-likeness (QED) is 0.737. The van der Waals surface area contributed by atoms with Crippen molar-refractivity contribution >= 4 is 18.8 Å². The van der Waals surface area contributed by atoms with Crippen molar-refractivity contribution in [3.63, 3.8) is 0 Å². The molecular formula is C15H11BF3. The van der Waals surface area contributed by atoms with Gasteiger partial charge in [0.1, 0.15) is 0 Å². The summed E-state index contributed by atoms with van der Waals surface area (Å²) in [5.74, 6) is 1.62. The van der Waals surface area contributed by atoms with Crippen LogP contribution in [0.25, 0.3) is 6.08 Å². The summed E-state index contributed by atoms with van der Waals surface area (Å²) in [5, 5.41) is 0. The molecule has 2 aromatic rings. The van der Waals surface area contributed by atoms with Gasteiger partial charge in [0.15, 0.2) is 7.28 Å². The van der Waals surface area contributed by atoms with E-state index in [1.807, 2.05) is 30.3 Å². The summed E-state index contributed by atoms with van der Waals surface area (Å²) < 4.78 is 38.3. The zero-order valence-electron chi connectivity index (χ0n) is 10.1. The van der Waals surface area contributed by atoms with Crippen LogP contribution in [0.4, 0.5) is 13.2 Å². The number of hydrogen-bond acceptors (Lipinski definition) is 0. The zero-order chi connectivity index (χ0) is 13.7. The predicted molar refractivity (Wildman–Crippen MR) is 72.3 cm³/mol. The third-order valence-corrected chi connectivity index (χ3v) is 2.63. The molecule has 0 saturated carbocycles. The maximum atomic E-state index is 12.8. The van der Waals surface area contributed by atoms with Crippen molar-refractivity contribution in [3.05, 3.63) is 71.7 Å². The third kappa shape index (κ3) is 3.75. The van der Waals surface area contributed by atoms with Crippen LogP contribution in [-0.4, -0.2) is 7.28 Å². The van der Waals surface area contributed by atoms with E-state index in [-0.39, 0.29) is 5.56 Å². The molecule has 1 radical (unpaired) electrons. The van der Waals surface area contributed by atoms with E-state index in [1.165, 1.54) is 18.2 Å². The number of rotatable bonds is 3. The van der Waals surface area contributed by atoms with E-state index < -0.39 is 11.7 Å². The van der Waals surface area contributed by atoms with Gasteiger partial charge in [-0.15, -0.1) is 5.98 Å². The molecule has 0 unspecified atom stereocenters. The molecule has 0 spiro atoms. The lowest BCUT2D eigenvalue weighted by Gasteiger charge is -2.09. The van der Waals surface area contributed by atoms with Gasteiger partial charge in [0.25, 0.3) is 0 Å². The molecule has 0 aliphatic carbocycles. The van der Waals surface area contributed by atoms with Crippen molar-refractivity contribution in [2.75, 3.05) is 0 Å². The first-order valence-corrected chi connectivity index (χ1v) is 5.80. The fourth-order valence-corrected chi connectivity index (χ4v) is 1.73.